The third kappa shape index (κ3) is 3.70. The van der Waals surface area contributed by atoms with Gasteiger partial charge in [-0.1, -0.05) is 23.7 Å². The Morgan fingerprint density at radius 2 is 2.07 bits per heavy atom. The van der Waals surface area contributed by atoms with Gasteiger partial charge in [-0.25, -0.2) is 5.43 Å². The Labute approximate surface area is 101 Å². The Hall–Kier alpha value is -0.770. The monoisotopic (exact) mass is 245 g/mol. The van der Waals surface area contributed by atoms with Crippen molar-refractivity contribution in [2.24, 2.45) is 4.99 Å². The van der Waals surface area contributed by atoms with Gasteiger partial charge in [-0.2, -0.15) is 0 Å². The maximum absolute atomic E-state index is 5.79. The summed E-state index contributed by atoms with van der Waals surface area (Å²) >= 11 is 5.79. The van der Waals surface area contributed by atoms with E-state index in [9.17, 15) is 0 Å². The molecule has 3 nitrogen and oxygen atoms in total. The van der Waals surface area contributed by atoms with Crippen molar-refractivity contribution in [1.82, 2.24) is 10.4 Å². The Morgan fingerprint density at radius 1 is 1.33 bits per heavy atom. The van der Waals surface area contributed by atoms with Crippen LogP contribution in [0.25, 0.3) is 0 Å². The molecule has 1 N–H and O–H groups in total. The fourth-order valence-electron chi connectivity index (χ4n) is 1.29. The molecule has 0 aliphatic carbocycles. The summed E-state index contributed by atoms with van der Waals surface area (Å²) < 4.78 is 0. The van der Waals surface area contributed by atoms with Crippen LogP contribution in [0, 0.1) is 0 Å². The molecule has 1 aromatic rings. The van der Waals surface area contributed by atoms with Crippen LogP contribution in [0.4, 0.5) is 0 Å². The summed E-state index contributed by atoms with van der Waals surface area (Å²) in [6.45, 7) is 2.64. The molecular formula is C10H13Cl2N3. The lowest BCUT2D eigenvalue weighted by Gasteiger charge is -2.15. The first-order valence-corrected chi connectivity index (χ1v) is 4.97. The van der Waals surface area contributed by atoms with Crippen molar-refractivity contribution >= 4 is 30.3 Å². The maximum atomic E-state index is 5.79. The quantitative estimate of drug-likeness (QED) is 0.884. The molecule has 0 radical (unpaired) electrons. The molecule has 1 aliphatic heterocycles. The van der Waals surface area contributed by atoms with Gasteiger partial charge in [0, 0.05) is 11.6 Å². The number of nitrogens with one attached hydrogen (secondary N) is 1. The molecule has 0 atom stereocenters. The van der Waals surface area contributed by atoms with Gasteiger partial charge in [0.2, 0.25) is 0 Å². The predicted octanol–water partition coefficient (Wildman–Crippen LogP) is 2.11. The molecule has 0 bridgehead atoms. The normalized spacial score (nSPS) is 14.1. The lowest BCUT2D eigenvalue weighted by atomic mass is 10.2. The zero-order valence-corrected chi connectivity index (χ0v) is 9.76. The molecule has 0 unspecified atom stereocenters. The van der Waals surface area contributed by atoms with Gasteiger partial charge in [0.25, 0.3) is 0 Å². The fraction of sp³-hybridized carbons (Fsp3) is 0.300. The van der Waals surface area contributed by atoms with Gasteiger partial charge >= 0.3 is 0 Å². The summed E-state index contributed by atoms with van der Waals surface area (Å²) in [7, 11) is 0. The number of rotatable bonds is 3. The first kappa shape index (κ1) is 12.3. The number of aliphatic imine (C=N–C) groups is 1. The largest absolute Gasteiger partial charge is 0.296 e. The zero-order valence-electron chi connectivity index (χ0n) is 8.19. The highest BCUT2D eigenvalue weighted by molar-refractivity contribution is 6.30. The minimum Gasteiger partial charge on any atom is -0.296 e. The minimum atomic E-state index is 0. The van der Waals surface area contributed by atoms with Crippen LogP contribution in [0.5, 0.6) is 0 Å². The molecule has 5 heteroatoms. The predicted molar refractivity (Wildman–Crippen MR) is 65.6 cm³/mol. The Morgan fingerprint density at radius 3 is 2.67 bits per heavy atom. The number of benzene rings is 1. The van der Waals surface area contributed by atoms with Crippen LogP contribution in [0.3, 0.4) is 0 Å². The smallest absolute Gasteiger partial charge is 0.0993 e. The Balaban J connectivity index is 0.00000112. The number of hydrogen-bond acceptors (Lipinski definition) is 3. The van der Waals surface area contributed by atoms with Gasteiger partial charge in [0.05, 0.1) is 19.4 Å². The van der Waals surface area contributed by atoms with Crippen molar-refractivity contribution < 1.29 is 0 Å². The average molecular weight is 246 g/mol. The topological polar surface area (TPSA) is 27.6 Å². The van der Waals surface area contributed by atoms with Crippen LogP contribution < -0.4 is 5.43 Å². The molecule has 0 saturated carbocycles. The number of nitrogens with zero attached hydrogens (tertiary/aromatic N) is 2. The lowest BCUT2D eigenvalue weighted by molar-refractivity contribution is 0.338. The van der Waals surface area contributed by atoms with Gasteiger partial charge in [-0.05, 0) is 17.7 Å². The molecule has 2 rings (SSSR count). The molecule has 1 aliphatic rings. The molecule has 0 spiro atoms. The molecule has 15 heavy (non-hydrogen) atoms. The van der Waals surface area contributed by atoms with E-state index in [1.165, 1.54) is 5.56 Å². The van der Waals surface area contributed by atoms with Crippen molar-refractivity contribution in [2.45, 2.75) is 6.54 Å². The summed E-state index contributed by atoms with van der Waals surface area (Å²) in [6, 6.07) is 7.83. The Kier molecular flexibility index (Phi) is 4.88. The van der Waals surface area contributed by atoms with Gasteiger partial charge in [-0.3, -0.25) is 10.0 Å². The zero-order chi connectivity index (χ0) is 9.80. The number of halogens is 2. The van der Waals surface area contributed by atoms with Crippen molar-refractivity contribution in [2.75, 3.05) is 13.1 Å². The molecule has 0 aromatic heterocycles. The van der Waals surface area contributed by atoms with Crippen molar-refractivity contribution in [3.05, 3.63) is 34.9 Å². The van der Waals surface area contributed by atoms with E-state index in [1.54, 1.807) is 0 Å². The highest BCUT2D eigenvalue weighted by Crippen LogP contribution is 2.09. The van der Waals surface area contributed by atoms with E-state index in [2.05, 4.69) is 10.4 Å². The number of hydrazine groups is 1. The first-order chi connectivity index (χ1) is 6.84. The molecule has 1 heterocycles. The van der Waals surface area contributed by atoms with Crippen molar-refractivity contribution in [1.29, 1.82) is 0 Å². The summed E-state index contributed by atoms with van der Waals surface area (Å²) in [5.74, 6) is 0. The van der Waals surface area contributed by atoms with E-state index in [1.807, 2.05) is 35.6 Å². The second kappa shape index (κ2) is 5.95. The van der Waals surface area contributed by atoms with Crippen molar-refractivity contribution in [3.8, 4) is 0 Å². The van der Waals surface area contributed by atoms with E-state index in [-0.39, 0.29) is 12.4 Å². The second-order valence-corrected chi connectivity index (χ2v) is 3.61. The van der Waals surface area contributed by atoms with E-state index < -0.39 is 0 Å². The van der Waals surface area contributed by atoms with E-state index in [0.717, 1.165) is 24.7 Å². The maximum Gasteiger partial charge on any atom is 0.0993 e. The van der Waals surface area contributed by atoms with Gasteiger partial charge in [0.15, 0.2) is 0 Å². The lowest BCUT2D eigenvalue weighted by Crippen LogP contribution is -2.34. The van der Waals surface area contributed by atoms with Crippen LogP contribution in [0.2, 0.25) is 5.02 Å². The van der Waals surface area contributed by atoms with E-state index in [0.29, 0.717) is 0 Å². The van der Waals surface area contributed by atoms with Crippen LogP contribution in [-0.4, -0.2) is 24.4 Å². The molecule has 82 valence electrons. The highest BCUT2D eigenvalue weighted by atomic mass is 35.5. The molecule has 0 amide bonds. The summed E-state index contributed by atoms with van der Waals surface area (Å²) in [6.07, 6.45) is 1.83. The first-order valence-electron chi connectivity index (χ1n) is 4.59. The van der Waals surface area contributed by atoms with Crippen LogP contribution in [-0.2, 0) is 6.54 Å². The van der Waals surface area contributed by atoms with Gasteiger partial charge < -0.3 is 0 Å². The average Bonchev–Trinajstić information content (AvgIpc) is 2.70. The standard InChI is InChI=1S/C10H12ClN3.ClH/c11-10-3-1-9(2-4-10)7-13-14-6-5-12-8-14;/h1-4,8,13H,5-7H2;1H. The molecule has 0 fully saturated rings. The van der Waals surface area contributed by atoms with Gasteiger partial charge in [0.1, 0.15) is 0 Å². The molecular weight excluding hydrogens is 233 g/mol. The van der Waals surface area contributed by atoms with E-state index >= 15 is 0 Å². The van der Waals surface area contributed by atoms with E-state index in [4.69, 9.17) is 11.6 Å². The summed E-state index contributed by atoms with van der Waals surface area (Å²) in [4.78, 5) is 4.11. The SMILES string of the molecule is Cl.Clc1ccc(CNN2C=NCC2)cc1. The molecule has 0 saturated heterocycles. The van der Waals surface area contributed by atoms with Crippen molar-refractivity contribution in [3.63, 3.8) is 0 Å². The minimum absolute atomic E-state index is 0. The summed E-state index contributed by atoms with van der Waals surface area (Å²) in [5.41, 5.74) is 4.48. The fourth-order valence-corrected chi connectivity index (χ4v) is 1.42. The second-order valence-electron chi connectivity index (χ2n) is 3.18. The van der Waals surface area contributed by atoms with Crippen LogP contribution >= 0.6 is 24.0 Å². The highest BCUT2D eigenvalue weighted by Gasteiger charge is 2.03. The third-order valence-electron chi connectivity index (χ3n) is 2.09. The van der Waals surface area contributed by atoms with Crippen LogP contribution in [0.1, 0.15) is 5.56 Å². The number of hydrogen-bond donors (Lipinski definition) is 1. The Bertz CT molecular complexity index is 324. The van der Waals surface area contributed by atoms with Gasteiger partial charge in [-0.15, -0.1) is 12.4 Å². The van der Waals surface area contributed by atoms with Crippen LogP contribution in [0.15, 0.2) is 29.3 Å². The third-order valence-corrected chi connectivity index (χ3v) is 2.34. The summed E-state index contributed by atoms with van der Waals surface area (Å²) in [5, 5.41) is 2.77. The molecule has 1 aromatic carbocycles.